The Morgan fingerprint density at radius 3 is 2.70 bits per heavy atom. The van der Waals surface area contributed by atoms with Crippen molar-refractivity contribution in [1.29, 1.82) is 0 Å². The Hall–Kier alpha value is -2.63. The van der Waals surface area contributed by atoms with Gasteiger partial charge in [0.1, 0.15) is 5.69 Å². The minimum atomic E-state index is -1.09. The van der Waals surface area contributed by atoms with Crippen molar-refractivity contribution in [2.75, 3.05) is 12.3 Å². The number of nitrogens with two attached hydrogens (primary N) is 1. The molecule has 2 aromatic rings. The third kappa shape index (κ3) is 3.44. The molecule has 0 unspecified atom stereocenters. The summed E-state index contributed by atoms with van der Waals surface area (Å²) in [4.78, 5) is 18.8. The van der Waals surface area contributed by atoms with Crippen LogP contribution in [0.1, 0.15) is 22.3 Å². The van der Waals surface area contributed by atoms with Crippen LogP contribution in [0.5, 0.6) is 5.88 Å². The molecule has 0 aliphatic heterocycles. The number of aromatic nitrogens is 2. The number of carbonyl (C=O) groups is 1. The standard InChI is InChI=1S/C14H15N3O3/c15-12-11(14(18)19)5-8-17-13(12)20-9-1-2-10-3-6-16-7-4-10/h3-8H,1-2,9,15H2,(H,18,19). The maximum absolute atomic E-state index is 10.9. The number of aromatic carboxylic acids is 1. The Kier molecular flexibility index (Phi) is 4.49. The maximum atomic E-state index is 10.9. The van der Waals surface area contributed by atoms with Crippen molar-refractivity contribution in [3.63, 3.8) is 0 Å². The number of anilines is 1. The van der Waals surface area contributed by atoms with E-state index in [4.69, 9.17) is 15.6 Å². The van der Waals surface area contributed by atoms with Crippen LogP contribution in [0.2, 0.25) is 0 Å². The van der Waals surface area contributed by atoms with Crippen LogP contribution in [0, 0.1) is 0 Å². The number of rotatable bonds is 6. The average molecular weight is 273 g/mol. The third-order valence-electron chi connectivity index (χ3n) is 2.78. The fourth-order valence-electron chi connectivity index (χ4n) is 1.75. The highest BCUT2D eigenvalue weighted by molar-refractivity contribution is 5.94. The first-order chi connectivity index (χ1) is 9.68. The summed E-state index contributed by atoms with van der Waals surface area (Å²) in [5.74, 6) is -0.925. The molecule has 0 aliphatic carbocycles. The number of carboxylic acids is 1. The topological polar surface area (TPSA) is 98.3 Å². The molecule has 0 aromatic carbocycles. The van der Waals surface area contributed by atoms with Crippen LogP contribution in [0.3, 0.4) is 0 Å². The van der Waals surface area contributed by atoms with Crippen LogP contribution in [-0.4, -0.2) is 27.7 Å². The number of nitrogens with zero attached hydrogens (tertiary/aromatic N) is 2. The van der Waals surface area contributed by atoms with Crippen LogP contribution in [0.25, 0.3) is 0 Å². The molecule has 0 aliphatic rings. The molecule has 0 saturated heterocycles. The van der Waals surface area contributed by atoms with Gasteiger partial charge in [0.2, 0.25) is 5.88 Å². The quantitative estimate of drug-likeness (QED) is 0.778. The van der Waals surface area contributed by atoms with E-state index in [-0.39, 0.29) is 17.1 Å². The summed E-state index contributed by atoms with van der Waals surface area (Å²) < 4.78 is 5.43. The number of ether oxygens (including phenoxy) is 1. The van der Waals surface area contributed by atoms with Crippen molar-refractivity contribution in [1.82, 2.24) is 9.97 Å². The molecule has 20 heavy (non-hydrogen) atoms. The number of carboxylic acid groups (broad SMARTS) is 1. The van der Waals surface area contributed by atoms with Gasteiger partial charge >= 0.3 is 5.97 Å². The summed E-state index contributed by atoms with van der Waals surface area (Å²) in [6.07, 6.45) is 6.49. The molecule has 0 spiro atoms. The van der Waals surface area contributed by atoms with E-state index in [0.717, 1.165) is 12.8 Å². The van der Waals surface area contributed by atoms with Gasteiger partial charge in [0.25, 0.3) is 0 Å². The molecule has 2 rings (SSSR count). The van der Waals surface area contributed by atoms with Crippen LogP contribution in [-0.2, 0) is 6.42 Å². The fourth-order valence-corrected chi connectivity index (χ4v) is 1.75. The summed E-state index contributed by atoms with van der Waals surface area (Å²) in [5, 5.41) is 8.94. The molecular weight excluding hydrogens is 258 g/mol. The van der Waals surface area contributed by atoms with Gasteiger partial charge in [-0.25, -0.2) is 9.78 Å². The van der Waals surface area contributed by atoms with E-state index >= 15 is 0 Å². The molecule has 0 bridgehead atoms. The molecule has 0 fully saturated rings. The van der Waals surface area contributed by atoms with Crippen molar-refractivity contribution >= 4 is 11.7 Å². The first-order valence-corrected chi connectivity index (χ1v) is 6.18. The zero-order chi connectivity index (χ0) is 14.4. The summed E-state index contributed by atoms with van der Waals surface area (Å²) in [5.41, 5.74) is 6.93. The fraction of sp³-hybridized carbons (Fsp3) is 0.214. The Balaban J connectivity index is 1.88. The van der Waals surface area contributed by atoms with Crippen molar-refractivity contribution in [2.45, 2.75) is 12.8 Å². The summed E-state index contributed by atoms with van der Waals surface area (Å²) in [6.45, 7) is 0.419. The monoisotopic (exact) mass is 273 g/mol. The molecule has 0 atom stereocenters. The minimum absolute atomic E-state index is 0.00383. The highest BCUT2D eigenvalue weighted by Gasteiger charge is 2.12. The van der Waals surface area contributed by atoms with E-state index in [1.165, 1.54) is 17.8 Å². The van der Waals surface area contributed by atoms with Crippen LogP contribution < -0.4 is 10.5 Å². The first-order valence-electron chi connectivity index (χ1n) is 6.18. The zero-order valence-electron chi connectivity index (χ0n) is 10.8. The lowest BCUT2D eigenvalue weighted by molar-refractivity contribution is 0.0697. The van der Waals surface area contributed by atoms with E-state index in [0.29, 0.717) is 6.61 Å². The van der Waals surface area contributed by atoms with Crippen molar-refractivity contribution in [2.24, 2.45) is 0 Å². The van der Waals surface area contributed by atoms with Crippen molar-refractivity contribution in [3.8, 4) is 5.88 Å². The van der Waals surface area contributed by atoms with Gasteiger partial charge in [-0.15, -0.1) is 0 Å². The Morgan fingerprint density at radius 1 is 1.25 bits per heavy atom. The molecule has 0 saturated carbocycles. The summed E-state index contributed by atoms with van der Waals surface area (Å²) in [7, 11) is 0. The molecule has 0 radical (unpaired) electrons. The van der Waals surface area contributed by atoms with Gasteiger partial charge in [-0.05, 0) is 36.6 Å². The highest BCUT2D eigenvalue weighted by Crippen LogP contribution is 2.22. The smallest absolute Gasteiger partial charge is 0.338 e. The Bertz CT molecular complexity index is 587. The second-order valence-electron chi connectivity index (χ2n) is 4.19. The zero-order valence-corrected chi connectivity index (χ0v) is 10.8. The predicted octanol–water partition coefficient (Wildman–Crippen LogP) is 1.77. The lowest BCUT2D eigenvalue weighted by atomic mass is 10.1. The van der Waals surface area contributed by atoms with Gasteiger partial charge in [0.05, 0.1) is 12.2 Å². The lowest BCUT2D eigenvalue weighted by Gasteiger charge is -2.09. The summed E-state index contributed by atoms with van der Waals surface area (Å²) >= 11 is 0. The molecule has 0 amide bonds. The predicted molar refractivity (Wildman–Crippen MR) is 73.7 cm³/mol. The van der Waals surface area contributed by atoms with Gasteiger partial charge in [0.15, 0.2) is 0 Å². The molecule has 2 aromatic heterocycles. The molecular formula is C14H15N3O3. The Labute approximate surface area is 116 Å². The van der Waals surface area contributed by atoms with E-state index in [2.05, 4.69) is 9.97 Å². The summed E-state index contributed by atoms with van der Waals surface area (Å²) in [6, 6.07) is 5.23. The number of hydrogen-bond acceptors (Lipinski definition) is 5. The maximum Gasteiger partial charge on any atom is 0.338 e. The van der Waals surface area contributed by atoms with Crippen LogP contribution in [0.4, 0.5) is 5.69 Å². The van der Waals surface area contributed by atoms with E-state index in [1.807, 2.05) is 12.1 Å². The number of pyridine rings is 2. The average Bonchev–Trinajstić information content (AvgIpc) is 2.46. The van der Waals surface area contributed by atoms with E-state index in [9.17, 15) is 4.79 Å². The second kappa shape index (κ2) is 6.51. The normalized spacial score (nSPS) is 10.2. The second-order valence-corrected chi connectivity index (χ2v) is 4.19. The van der Waals surface area contributed by atoms with E-state index < -0.39 is 5.97 Å². The van der Waals surface area contributed by atoms with Crippen LogP contribution in [0.15, 0.2) is 36.8 Å². The molecule has 6 heteroatoms. The van der Waals surface area contributed by atoms with Gasteiger partial charge in [-0.3, -0.25) is 4.98 Å². The van der Waals surface area contributed by atoms with Gasteiger partial charge in [-0.2, -0.15) is 0 Å². The SMILES string of the molecule is Nc1c(C(=O)O)ccnc1OCCCc1ccncc1. The van der Waals surface area contributed by atoms with Crippen LogP contribution >= 0.6 is 0 Å². The number of nitrogen functional groups attached to an aromatic ring is 1. The van der Waals surface area contributed by atoms with Gasteiger partial charge in [-0.1, -0.05) is 0 Å². The molecule has 2 heterocycles. The van der Waals surface area contributed by atoms with Gasteiger partial charge in [0, 0.05) is 18.6 Å². The molecule has 6 nitrogen and oxygen atoms in total. The minimum Gasteiger partial charge on any atom is -0.478 e. The third-order valence-corrected chi connectivity index (χ3v) is 2.78. The Morgan fingerprint density at radius 2 is 2.00 bits per heavy atom. The lowest BCUT2D eigenvalue weighted by Crippen LogP contribution is -2.08. The van der Waals surface area contributed by atoms with E-state index in [1.54, 1.807) is 12.4 Å². The number of aryl methyl sites for hydroxylation is 1. The van der Waals surface area contributed by atoms with Gasteiger partial charge < -0.3 is 15.6 Å². The first kappa shape index (κ1) is 13.8. The molecule has 3 N–H and O–H groups in total. The number of hydrogen-bond donors (Lipinski definition) is 2. The van der Waals surface area contributed by atoms with Crippen molar-refractivity contribution < 1.29 is 14.6 Å². The van der Waals surface area contributed by atoms with Crippen molar-refractivity contribution in [3.05, 3.63) is 47.9 Å². The largest absolute Gasteiger partial charge is 0.478 e. The highest BCUT2D eigenvalue weighted by atomic mass is 16.5. The molecule has 104 valence electrons.